The molecular weight excluding hydrogens is 560 g/mol. The van der Waals surface area contributed by atoms with Crippen molar-refractivity contribution in [1.29, 1.82) is 0 Å². The van der Waals surface area contributed by atoms with Crippen molar-refractivity contribution in [1.82, 2.24) is 35.1 Å². The lowest BCUT2D eigenvalue weighted by Gasteiger charge is -2.34. The Morgan fingerprint density at radius 1 is 1.05 bits per heavy atom. The van der Waals surface area contributed by atoms with Gasteiger partial charge in [-0.1, -0.05) is 18.2 Å². The zero-order valence-corrected chi connectivity index (χ0v) is 24.3. The molecule has 0 bridgehead atoms. The average molecular weight is 594 g/mol. The van der Waals surface area contributed by atoms with Crippen LogP contribution in [0.4, 0.5) is 20.5 Å². The predicted molar refractivity (Wildman–Crippen MR) is 162 cm³/mol. The van der Waals surface area contributed by atoms with E-state index in [4.69, 9.17) is 0 Å². The van der Waals surface area contributed by atoms with Crippen LogP contribution in [0.3, 0.4) is 0 Å². The lowest BCUT2D eigenvalue weighted by atomic mass is 9.95. The molecule has 1 aliphatic heterocycles. The van der Waals surface area contributed by atoms with Gasteiger partial charge in [-0.2, -0.15) is 11.8 Å². The maximum atomic E-state index is 12.7. The molecule has 1 saturated heterocycles. The van der Waals surface area contributed by atoms with Crippen molar-refractivity contribution in [3.63, 3.8) is 0 Å². The van der Waals surface area contributed by atoms with E-state index in [2.05, 4.69) is 47.9 Å². The zero-order valence-electron chi connectivity index (χ0n) is 23.5. The molecule has 2 N–H and O–H groups in total. The Labute approximate surface area is 247 Å². The Morgan fingerprint density at radius 3 is 2.55 bits per heavy atom. The fourth-order valence-corrected chi connectivity index (χ4v) is 5.80. The number of hydrogen-bond acceptors (Lipinski definition) is 10. The van der Waals surface area contributed by atoms with Crippen LogP contribution in [-0.2, 0) is 0 Å². The Morgan fingerprint density at radius 2 is 1.83 bits per heavy atom. The first-order valence-electron chi connectivity index (χ1n) is 13.7. The number of para-hydroxylation sites is 1. The molecule has 10 nitrogen and oxygen atoms in total. The third-order valence-corrected chi connectivity index (χ3v) is 8.00. The molecule has 4 aromatic rings. The number of halogens is 2. The van der Waals surface area contributed by atoms with E-state index in [1.54, 1.807) is 48.4 Å². The molecule has 0 saturated carbocycles. The summed E-state index contributed by atoms with van der Waals surface area (Å²) in [6, 6.07) is 9.56. The summed E-state index contributed by atoms with van der Waals surface area (Å²) in [7, 11) is 1.62. The number of carbonyl (C=O) groups excluding carboxylic acids is 1. The van der Waals surface area contributed by atoms with Crippen LogP contribution in [0.2, 0.25) is 0 Å². The number of hydrogen-bond donors (Lipinski definition) is 2. The van der Waals surface area contributed by atoms with Crippen LogP contribution in [0.1, 0.15) is 21.8 Å². The van der Waals surface area contributed by atoms with E-state index in [-0.39, 0.29) is 18.4 Å². The van der Waals surface area contributed by atoms with E-state index in [1.807, 2.05) is 23.1 Å². The molecule has 13 heteroatoms. The number of benzene rings is 1. The lowest BCUT2D eigenvalue weighted by molar-refractivity contribution is 0.0852. The number of alkyl halides is 2. The third kappa shape index (κ3) is 6.90. The van der Waals surface area contributed by atoms with Gasteiger partial charge in [0.1, 0.15) is 12.1 Å². The standard InChI is InChI=1S/C29H33F2N9OS/c1-32-28(41)23-6-7-33-27-21(4-3-5-22(23)27)20(17-42-2)15-34-26-12-24(37-18-38-26)19-13-35-29(36-14-19)40-10-8-39(9-11-40)16-25(30)31/h3-7,12-14,18,20,25H,8-11,15-17H2,1-2H3,(H,32,41)(H,34,37,38). The average Bonchev–Trinajstić information content (AvgIpc) is 3.02. The van der Waals surface area contributed by atoms with E-state index < -0.39 is 6.43 Å². The molecule has 1 aromatic carbocycles. The minimum Gasteiger partial charge on any atom is -0.369 e. The van der Waals surface area contributed by atoms with Gasteiger partial charge in [0.2, 0.25) is 5.95 Å². The smallest absolute Gasteiger partial charge is 0.251 e. The van der Waals surface area contributed by atoms with Crippen LogP contribution < -0.4 is 15.5 Å². The van der Waals surface area contributed by atoms with Gasteiger partial charge < -0.3 is 15.5 Å². The van der Waals surface area contributed by atoms with Gasteiger partial charge in [-0.15, -0.1) is 0 Å². The maximum absolute atomic E-state index is 12.7. The molecule has 1 unspecified atom stereocenters. The van der Waals surface area contributed by atoms with Crippen LogP contribution in [0.5, 0.6) is 0 Å². The molecule has 220 valence electrons. The minimum absolute atomic E-state index is 0.110. The first-order valence-corrected chi connectivity index (χ1v) is 15.1. The second-order valence-corrected chi connectivity index (χ2v) is 10.9. The highest BCUT2D eigenvalue weighted by molar-refractivity contribution is 7.98. The Bertz CT molecular complexity index is 1500. The van der Waals surface area contributed by atoms with Crippen LogP contribution in [0.15, 0.2) is 55.2 Å². The number of pyridine rings is 1. The van der Waals surface area contributed by atoms with Gasteiger partial charge in [-0.3, -0.25) is 14.7 Å². The number of carbonyl (C=O) groups is 1. The van der Waals surface area contributed by atoms with Gasteiger partial charge in [0.15, 0.2) is 0 Å². The molecule has 5 rings (SSSR count). The maximum Gasteiger partial charge on any atom is 0.251 e. The fourth-order valence-electron chi connectivity index (χ4n) is 5.10. The van der Waals surface area contributed by atoms with Crippen molar-refractivity contribution in [2.45, 2.75) is 12.3 Å². The molecule has 42 heavy (non-hydrogen) atoms. The van der Waals surface area contributed by atoms with Crippen molar-refractivity contribution in [2.75, 3.05) is 68.5 Å². The number of fused-ring (bicyclic) bond motifs is 1. The number of nitrogens with one attached hydrogen (secondary N) is 2. The van der Waals surface area contributed by atoms with Crippen molar-refractivity contribution in [3.8, 4) is 11.3 Å². The number of aromatic nitrogens is 5. The van der Waals surface area contributed by atoms with Crippen LogP contribution >= 0.6 is 11.8 Å². The molecule has 1 fully saturated rings. The molecular formula is C29H33F2N9OS. The van der Waals surface area contributed by atoms with Crippen molar-refractivity contribution < 1.29 is 13.6 Å². The van der Waals surface area contributed by atoms with Gasteiger partial charge in [0.25, 0.3) is 12.3 Å². The van der Waals surface area contributed by atoms with Gasteiger partial charge in [-0.25, -0.2) is 28.7 Å². The Hall–Kier alpha value is -3.97. The second-order valence-electron chi connectivity index (χ2n) is 9.95. The first-order chi connectivity index (χ1) is 20.5. The molecule has 4 heterocycles. The summed E-state index contributed by atoms with van der Waals surface area (Å²) >= 11 is 1.74. The summed E-state index contributed by atoms with van der Waals surface area (Å²) in [4.78, 5) is 38.7. The highest BCUT2D eigenvalue weighted by Gasteiger charge is 2.22. The summed E-state index contributed by atoms with van der Waals surface area (Å²) in [6.45, 7) is 2.72. The topological polar surface area (TPSA) is 112 Å². The zero-order chi connectivity index (χ0) is 29.5. The SMILES string of the molecule is CNC(=O)c1ccnc2c(C(CNc3cc(-c4cnc(N5CCN(CC(F)F)CC5)nc4)ncn3)CSC)cccc12. The molecule has 0 spiro atoms. The third-order valence-electron chi connectivity index (χ3n) is 7.26. The molecule has 0 aliphatic carbocycles. The highest BCUT2D eigenvalue weighted by atomic mass is 32.2. The monoisotopic (exact) mass is 593 g/mol. The van der Waals surface area contributed by atoms with E-state index in [0.29, 0.717) is 55.7 Å². The quantitative estimate of drug-likeness (QED) is 0.266. The van der Waals surface area contributed by atoms with Gasteiger partial charge in [-0.05, 0) is 17.9 Å². The predicted octanol–water partition coefficient (Wildman–Crippen LogP) is 3.79. The molecule has 1 amide bonds. The van der Waals surface area contributed by atoms with Gasteiger partial charge >= 0.3 is 0 Å². The summed E-state index contributed by atoms with van der Waals surface area (Å²) in [5.74, 6) is 2.06. The van der Waals surface area contributed by atoms with Crippen molar-refractivity contribution in [3.05, 3.63) is 66.4 Å². The first kappa shape index (κ1) is 29.5. The highest BCUT2D eigenvalue weighted by Crippen LogP contribution is 2.29. The number of rotatable bonds is 11. The summed E-state index contributed by atoms with van der Waals surface area (Å²) in [6.07, 6.45) is 6.38. The summed E-state index contributed by atoms with van der Waals surface area (Å²) in [5, 5.41) is 6.98. The molecule has 1 atom stereocenters. The number of nitrogens with zero attached hydrogens (tertiary/aromatic N) is 7. The largest absolute Gasteiger partial charge is 0.369 e. The Balaban J connectivity index is 1.28. The molecule has 3 aromatic heterocycles. The lowest BCUT2D eigenvalue weighted by Crippen LogP contribution is -2.48. The minimum atomic E-state index is -2.32. The van der Waals surface area contributed by atoms with E-state index in [9.17, 15) is 13.6 Å². The van der Waals surface area contributed by atoms with E-state index in [0.717, 1.165) is 27.8 Å². The van der Waals surface area contributed by atoms with Crippen LogP contribution in [-0.4, -0.2) is 100 Å². The molecule has 1 aliphatic rings. The number of piperazine rings is 1. The van der Waals surface area contributed by atoms with Crippen LogP contribution in [0.25, 0.3) is 22.2 Å². The number of thioether (sulfide) groups is 1. The number of anilines is 2. The Kier molecular flexibility index (Phi) is 9.70. The number of amides is 1. The fraction of sp³-hybridized carbons (Fsp3) is 0.379. The second kappa shape index (κ2) is 13.8. The molecule has 0 radical (unpaired) electrons. The van der Waals surface area contributed by atoms with Gasteiger partial charge in [0.05, 0.1) is 23.3 Å². The van der Waals surface area contributed by atoms with E-state index >= 15 is 0 Å². The van der Waals surface area contributed by atoms with Gasteiger partial charge in [0, 0.05) is 87.0 Å². The van der Waals surface area contributed by atoms with E-state index in [1.165, 1.54) is 6.33 Å². The van der Waals surface area contributed by atoms with Crippen LogP contribution in [0, 0.1) is 0 Å². The van der Waals surface area contributed by atoms with Crippen molar-refractivity contribution in [2.24, 2.45) is 0 Å². The summed E-state index contributed by atoms with van der Waals surface area (Å²) in [5.41, 5.74) is 3.91. The normalized spacial score (nSPS) is 14.7. The summed E-state index contributed by atoms with van der Waals surface area (Å²) < 4.78 is 25.3. The van der Waals surface area contributed by atoms with Crippen molar-refractivity contribution >= 4 is 40.3 Å².